The maximum absolute atomic E-state index is 12.7. The minimum absolute atomic E-state index is 0.0661. The van der Waals surface area contributed by atoms with Crippen LogP contribution in [0.5, 0.6) is 0 Å². The molecule has 0 bridgehead atoms. The highest BCUT2D eigenvalue weighted by Gasteiger charge is 2.35. The van der Waals surface area contributed by atoms with Crippen LogP contribution in [0.4, 0.5) is 4.79 Å². The summed E-state index contributed by atoms with van der Waals surface area (Å²) >= 11 is 0. The maximum Gasteiger partial charge on any atom is 0.410 e. The summed E-state index contributed by atoms with van der Waals surface area (Å²) in [6, 6.07) is -0.635. The van der Waals surface area contributed by atoms with E-state index in [0.29, 0.717) is 24.4 Å². The first-order valence-electron chi connectivity index (χ1n) is 13.4. The van der Waals surface area contributed by atoms with Crippen LogP contribution in [0.1, 0.15) is 118 Å². The van der Waals surface area contributed by atoms with E-state index in [1.54, 1.807) is 14.0 Å². The number of nitrogens with zero attached hydrogens (tertiary/aromatic N) is 1. The molecule has 188 valence electrons. The third-order valence-corrected chi connectivity index (χ3v) is 7.17. The highest BCUT2D eigenvalue weighted by atomic mass is 16.6. The van der Waals surface area contributed by atoms with Gasteiger partial charge in [-0.3, -0.25) is 4.90 Å². The van der Waals surface area contributed by atoms with Gasteiger partial charge in [-0.05, 0) is 43.9 Å². The van der Waals surface area contributed by atoms with E-state index in [9.17, 15) is 9.59 Å². The fraction of sp³-hybridized carbons (Fsp3) is 0.926. The lowest BCUT2D eigenvalue weighted by Gasteiger charge is -2.37. The Labute approximate surface area is 198 Å². The van der Waals surface area contributed by atoms with Crippen LogP contribution >= 0.6 is 0 Å². The van der Waals surface area contributed by atoms with E-state index in [2.05, 4.69) is 27.7 Å². The smallest absolute Gasteiger partial charge is 0.410 e. The van der Waals surface area contributed by atoms with Crippen molar-refractivity contribution in [3.8, 4) is 0 Å². The molecule has 32 heavy (non-hydrogen) atoms. The van der Waals surface area contributed by atoms with E-state index >= 15 is 0 Å². The highest BCUT2D eigenvalue weighted by Crippen LogP contribution is 2.35. The Balaban J connectivity index is 2.23. The SMILES string of the molecule is CCCCCCCCCCCCOC(=O)C(C)N(C)C(=O)OC1CC(C)CCC1C(C)C. The van der Waals surface area contributed by atoms with Crippen LogP contribution in [-0.2, 0) is 14.3 Å². The molecule has 0 heterocycles. The van der Waals surface area contributed by atoms with E-state index in [4.69, 9.17) is 9.47 Å². The zero-order chi connectivity index (χ0) is 23.9. The van der Waals surface area contributed by atoms with Crippen LogP contribution in [0, 0.1) is 17.8 Å². The first-order chi connectivity index (χ1) is 15.3. The molecular weight excluding hydrogens is 402 g/mol. The van der Waals surface area contributed by atoms with Crippen molar-refractivity contribution in [1.82, 2.24) is 4.90 Å². The molecule has 1 fully saturated rings. The van der Waals surface area contributed by atoms with Gasteiger partial charge in [-0.25, -0.2) is 9.59 Å². The van der Waals surface area contributed by atoms with Gasteiger partial charge in [-0.2, -0.15) is 0 Å². The first-order valence-corrected chi connectivity index (χ1v) is 13.4. The Bertz CT molecular complexity index is 522. The predicted molar refractivity (Wildman–Crippen MR) is 132 cm³/mol. The molecule has 1 aliphatic rings. The molecular formula is C27H51NO4. The molecule has 5 heteroatoms. The Morgan fingerprint density at radius 3 is 2.03 bits per heavy atom. The Kier molecular flexibility index (Phi) is 14.7. The number of unbranched alkanes of at least 4 members (excludes halogenated alkanes) is 9. The minimum Gasteiger partial charge on any atom is -0.464 e. The standard InChI is InChI=1S/C27H51NO4/c1-7-8-9-10-11-12-13-14-15-16-19-31-26(29)23(5)28(6)27(30)32-25-20-22(4)17-18-24(25)21(2)3/h21-25H,7-20H2,1-6H3. The van der Waals surface area contributed by atoms with Crippen LogP contribution in [0.15, 0.2) is 0 Å². The molecule has 0 N–H and O–H groups in total. The number of likely N-dealkylation sites (N-methyl/N-ethyl adjacent to an activating group) is 1. The van der Waals surface area contributed by atoms with Crippen molar-refractivity contribution in [2.45, 2.75) is 130 Å². The number of hydrogen-bond donors (Lipinski definition) is 0. The van der Waals surface area contributed by atoms with Gasteiger partial charge in [-0.1, -0.05) is 91.9 Å². The summed E-state index contributed by atoms with van der Waals surface area (Å²) in [5, 5.41) is 0. The van der Waals surface area contributed by atoms with Gasteiger partial charge in [0.25, 0.3) is 0 Å². The van der Waals surface area contributed by atoms with Gasteiger partial charge in [0.1, 0.15) is 12.1 Å². The van der Waals surface area contributed by atoms with Crippen LogP contribution in [0.25, 0.3) is 0 Å². The average Bonchev–Trinajstić information content (AvgIpc) is 2.76. The molecule has 0 spiro atoms. The van der Waals surface area contributed by atoms with Gasteiger partial charge in [0.05, 0.1) is 6.61 Å². The third kappa shape index (κ3) is 11.0. The molecule has 4 atom stereocenters. The molecule has 0 aromatic rings. The monoisotopic (exact) mass is 453 g/mol. The molecule has 1 amide bonds. The summed E-state index contributed by atoms with van der Waals surface area (Å²) in [4.78, 5) is 26.5. The maximum atomic E-state index is 12.7. The highest BCUT2D eigenvalue weighted by molar-refractivity contribution is 5.80. The number of amides is 1. The molecule has 1 aliphatic carbocycles. The van der Waals surface area contributed by atoms with Crippen molar-refractivity contribution in [3.05, 3.63) is 0 Å². The van der Waals surface area contributed by atoms with Gasteiger partial charge in [0.15, 0.2) is 0 Å². The number of hydrogen-bond acceptors (Lipinski definition) is 4. The van der Waals surface area contributed by atoms with E-state index in [1.165, 1.54) is 62.7 Å². The number of rotatable bonds is 15. The van der Waals surface area contributed by atoms with Crippen molar-refractivity contribution in [3.63, 3.8) is 0 Å². The molecule has 4 unspecified atom stereocenters. The Morgan fingerprint density at radius 1 is 0.906 bits per heavy atom. The summed E-state index contributed by atoms with van der Waals surface area (Å²) < 4.78 is 11.3. The quantitative estimate of drug-likeness (QED) is 0.192. The topological polar surface area (TPSA) is 55.8 Å². The van der Waals surface area contributed by atoms with Crippen LogP contribution in [0.3, 0.4) is 0 Å². The van der Waals surface area contributed by atoms with E-state index < -0.39 is 12.1 Å². The Morgan fingerprint density at radius 2 is 1.47 bits per heavy atom. The van der Waals surface area contributed by atoms with Crippen molar-refractivity contribution < 1.29 is 19.1 Å². The Hall–Kier alpha value is -1.26. The van der Waals surface area contributed by atoms with Crippen LogP contribution in [-0.4, -0.2) is 42.8 Å². The molecule has 1 saturated carbocycles. The molecule has 0 aliphatic heterocycles. The molecule has 0 aromatic carbocycles. The minimum atomic E-state index is -0.635. The fourth-order valence-electron chi connectivity index (χ4n) is 4.66. The fourth-order valence-corrected chi connectivity index (χ4v) is 4.66. The molecule has 0 aromatic heterocycles. The third-order valence-electron chi connectivity index (χ3n) is 7.17. The normalized spacial score (nSPS) is 21.9. The lowest BCUT2D eigenvalue weighted by molar-refractivity contribution is -0.148. The van der Waals surface area contributed by atoms with Crippen LogP contribution < -0.4 is 0 Å². The predicted octanol–water partition coefficient (Wildman–Crippen LogP) is 7.37. The second-order valence-electron chi connectivity index (χ2n) is 10.4. The summed E-state index contributed by atoms with van der Waals surface area (Å²) in [5.41, 5.74) is 0. The summed E-state index contributed by atoms with van der Waals surface area (Å²) in [6.45, 7) is 11.0. The van der Waals surface area contributed by atoms with E-state index in [0.717, 1.165) is 25.7 Å². The van der Waals surface area contributed by atoms with Gasteiger partial charge in [0, 0.05) is 7.05 Å². The summed E-state index contributed by atoms with van der Waals surface area (Å²) in [6.07, 6.45) is 15.2. The average molecular weight is 454 g/mol. The zero-order valence-corrected chi connectivity index (χ0v) is 21.9. The van der Waals surface area contributed by atoms with E-state index in [1.807, 2.05) is 0 Å². The van der Waals surface area contributed by atoms with Gasteiger partial charge >= 0.3 is 12.1 Å². The van der Waals surface area contributed by atoms with E-state index in [-0.39, 0.29) is 12.1 Å². The number of carbonyl (C=O) groups excluding carboxylic acids is 2. The van der Waals surface area contributed by atoms with Gasteiger partial charge in [0.2, 0.25) is 0 Å². The molecule has 1 rings (SSSR count). The van der Waals surface area contributed by atoms with Crippen molar-refractivity contribution in [2.75, 3.05) is 13.7 Å². The largest absolute Gasteiger partial charge is 0.464 e. The lowest BCUT2D eigenvalue weighted by Crippen LogP contribution is -2.45. The van der Waals surface area contributed by atoms with Gasteiger partial charge < -0.3 is 9.47 Å². The zero-order valence-electron chi connectivity index (χ0n) is 21.9. The van der Waals surface area contributed by atoms with Crippen molar-refractivity contribution in [2.24, 2.45) is 17.8 Å². The van der Waals surface area contributed by atoms with Crippen LogP contribution in [0.2, 0.25) is 0 Å². The molecule has 0 radical (unpaired) electrons. The molecule has 0 saturated heterocycles. The number of carbonyl (C=O) groups is 2. The number of esters is 1. The van der Waals surface area contributed by atoms with Crippen molar-refractivity contribution >= 4 is 12.1 Å². The van der Waals surface area contributed by atoms with Crippen molar-refractivity contribution in [1.29, 1.82) is 0 Å². The number of ether oxygens (including phenoxy) is 2. The lowest BCUT2D eigenvalue weighted by atomic mass is 9.75. The molecule has 5 nitrogen and oxygen atoms in total. The second kappa shape index (κ2) is 16.4. The summed E-state index contributed by atoms with van der Waals surface area (Å²) in [7, 11) is 1.63. The summed E-state index contributed by atoms with van der Waals surface area (Å²) in [5.74, 6) is 1.09. The first kappa shape index (κ1) is 28.8. The second-order valence-corrected chi connectivity index (χ2v) is 10.4. The van der Waals surface area contributed by atoms with Gasteiger partial charge in [-0.15, -0.1) is 0 Å².